The summed E-state index contributed by atoms with van der Waals surface area (Å²) in [5.74, 6) is 0.866. The molecule has 1 aliphatic rings. The molecule has 1 aromatic carbocycles. The average Bonchev–Trinajstić information content (AvgIpc) is 2.33. The molecular formula is C15H21NOS. The Bertz CT molecular complexity index is 389. The van der Waals surface area contributed by atoms with Gasteiger partial charge in [0, 0.05) is 13.6 Å². The molecule has 0 spiro atoms. The van der Waals surface area contributed by atoms with Crippen LogP contribution in [-0.2, 0) is 11.2 Å². The van der Waals surface area contributed by atoms with Gasteiger partial charge in [-0.15, -0.1) is 0 Å². The van der Waals surface area contributed by atoms with E-state index in [2.05, 4.69) is 12.6 Å². The first kappa shape index (κ1) is 13.5. The molecule has 0 bridgehead atoms. The number of hydrogen-bond acceptors (Lipinski definition) is 2. The van der Waals surface area contributed by atoms with Gasteiger partial charge in [-0.05, 0) is 30.7 Å². The Labute approximate surface area is 115 Å². The zero-order chi connectivity index (χ0) is 13.0. The van der Waals surface area contributed by atoms with E-state index in [1.807, 2.05) is 42.3 Å². The molecule has 1 fully saturated rings. The highest BCUT2D eigenvalue weighted by molar-refractivity contribution is 7.81. The van der Waals surface area contributed by atoms with Crippen molar-refractivity contribution >= 4 is 18.5 Å². The molecule has 1 saturated carbocycles. The normalized spacial score (nSPS) is 17.0. The number of benzene rings is 1. The van der Waals surface area contributed by atoms with Crippen LogP contribution in [0.15, 0.2) is 30.3 Å². The summed E-state index contributed by atoms with van der Waals surface area (Å²) >= 11 is 4.45. The minimum atomic E-state index is -0.225. The number of thiol groups is 1. The van der Waals surface area contributed by atoms with Crippen molar-refractivity contribution in [2.75, 3.05) is 13.6 Å². The first-order valence-electron chi connectivity index (χ1n) is 6.64. The lowest BCUT2D eigenvalue weighted by Crippen LogP contribution is -2.39. The van der Waals surface area contributed by atoms with Crippen LogP contribution in [0.5, 0.6) is 0 Å². The molecule has 18 heavy (non-hydrogen) atoms. The van der Waals surface area contributed by atoms with Crippen LogP contribution in [-0.4, -0.2) is 29.6 Å². The average molecular weight is 263 g/mol. The lowest BCUT2D eigenvalue weighted by Gasteiger charge is -2.31. The summed E-state index contributed by atoms with van der Waals surface area (Å²) in [7, 11) is 1.90. The third kappa shape index (κ3) is 3.52. The number of carbonyl (C=O) groups is 1. The van der Waals surface area contributed by atoms with Gasteiger partial charge < -0.3 is 4.90 Å². The maximum atomic E-state index is 12.2. The van der Waals surface area contributed by atoms with Crippen LogP contribution >= 0.6 is 12.6 Å². The second kappa shape index (κ2) is 6.28. The Morgan fingerprint density at radius 1 is 1.39 bits per heavy atom. The van der Waals surface area contributed by atoms with Gasteiger partial charge in [-0.1, -0.05) is 36.8 Å². The van der Waals surface area contributed by atoms with Crippen LogP contribution in [0, 0.1) is 5.92 Å². The van der Waals surface area contributed by atoms with Gasteiger partial charge in [-0.25, -0.2) is 0 Å². The monoisotopic (exact) mass is 263 g/mol. The Kier molecular flexibility index (Phi) is 4.70. The fourth-order valence-electron chi connectivity index (χ4n) is 2.33. The molecule has 0 N–H and O–H groups in total. The lowest BCUT2D eigenvalue weighted by molar-refractivity contribution is -0.130. The molecule has 0 radical (unpaired) electrons. The molecular weight excluding hydrogens is 242 g/mol. The van der Waals surface area contributed by atoms with Crippen molar-refractivity contribution in [1.82, 2.24) is 4.90 Å². The zero-order valence-corrected chi connectivity index (χ0v) is 11.8. The van der Waals surface area contributed by atoms with Crippen LogP contribution in [0.3, 0.4) is 0 Å². The van der Waals surface area contributed by atoms with E-state index in [-0.39, 0.29) is 11.2 Å². The number of nitrogens with zero attached hydrogens (tertiary/aromatic N) is 1. The first-order valence-corrected chi connectivity index (χ1v) is 7.15. The summed E-state index contributed by atoms with van der Waals surface area (Å²) in [5, 5.41) is -0.225. The first-order chi connectivity index (χ1) is 8.66. The molecule has 0 saturated heterocycles. The van der Waals surface area contributed by atoms with Crippen molar-refractivity contribution in [1.29, 1.82) is 0 Å². The summed E-state index contributed by atoms with van der Waals surface area (Å²) in [6, 6.07) is 10.1. The Hall–Kier alpha value is -0.960. The molecule has 1 atom stereocenters. The number of carbonyl (C=O) groups excluding carboxylic acids is 1. The summed E-state index contributed by atoms with van der Waals surface area (Å²) in [6.07, 6.45) is 4.57. The Balaban J connectivity index is 1.83. The fourth-order valence-corrected chi connectivity index (χ4v) is 2.74. The van der Waals surface area contributed by atoms with Crippen molar-refractivity contribution in [2.24, 2.45) is 5.92 Å². The van der Waals surface area contributed by atoms with Gasteiger partial charge in [0.1, 0.15) is 0 Å². The van der Waals surface area contributed by atoms with Crippen LogP contribution in [0.1, 0.15) is 24.8 Å². The fraction of sp³-hybridized carbons (Fsp3) is 0.533. The van der Waals surface area contributed by atoms with E-state index >= 15 is 0 Å². The third-order valence-electron chi connectivity index (χ3n) is 3.69. The third-order valence-corrected chi connectivity index (χ3v) is 4.09. The van der Waals surface area contributed by atoms with Gasteiger partial charge in [0.05, 0.1) is 5.25 Å². The second-order valence-electron chi connectivity index (χ2n) is 5.22. The van der Waals surface area contributed by atoms with Crippen molar-refractivity contribution in [2.45, 2.75) is 30.9 Å². The van der Waals surface area contributed by atoms with Crippen molar-refractivity contribution < 1.29 is 4.79 Å². The molecule has 1 unspecified atom stereocenters. The van der Waals surface area contributed by atoms with Crippen molar-refractivity contribution in [3.05, 3.63) is 35.9 Å². The van der Waals surface area contributed by atoms with E-state index in [0.717, 1.165) is 12.5 Å². The van der Waals surface area contributed by atoms with Gasteiger partial charge in [-0.3, -0.25) is 4.79 Å². The molecule has 2 nitrogen and oxygen atoms in total. The van der Waals surface area contributed by atoms with Crippen LogP contribution in [0.2, 0.25) is 0 Å². The van der Waals surface area contributed by atoms with Crippen molar-refractivity contribution in [3.8, 4) is 0 Å². The van der Waals surface area contributed by atoms with E-state index in [0.29, 0.717) is 6.42 Å². The van der Waals surface area contributed by atoms with Gasteiger partial charge in [0.25, 0.3) is 0 Å². The van der Waals surface area contributed by atoms with Gasteiger partial charge in [0.2, 0.25) is 5.91 Å². The SMILES string of the molecule is CN(CC1CCC1)C(=O)C(S)Cc1ccccc1. The minimum Gasteiger partial charge on any atom is -0.345 e. The lowest BCUT2D eigenvalue weighted by atomic mass is 9.85. The predicted molar refractivity (Wildman–Crippen MR) is 77.9 cm³/mol. The van der Waals surface area contributed by atoms with E-state index in [1.54, 1.807) is 0 Å². The summed E-state index contributed by atoms with van der Waals surface area (Å²) < 4.78 is 0. The van der Waals surface area contributed by atoms with E-state index in [1.165, 1.54) is 24.8 Å². The highest BCUT2D eigenvalue weighted by atomic mass is 32.1. The van der Waals surface area contributed by atoms with Crippen LogP contribution < -0.4 is 0 Å². The van der Waals surface area contributed by atoms with E-state index in [4.69, 9.17) is 0 Å². The Morgan fingerprint density at radius 3 is 2.61 bits per heavy atom. The molecule has 1 aliphatic carbocycles. The highest BCUT2D eigenvalue weighted by Gasteiger charge is 2.24. The standard InChI is InChI=1S/C15H21NOS/c1-16(11-13-8-5-9-13)15(17)14(18)10-12-6-3-2-4-7-12/h2-4,6-7,13-14,18H,5,8-11H2,1H3. The summed E-state index contributed by atoms with van der Waals surface area (Å²) in [5.41, 5.74) is 1.17. The zero-order valence-electron chi connectivity index (χ0n) is 10.9. The Morgan fingerprint density at radius 2 is 2.06 bits per heavy atom. The smallest absolute Gasteiger partial charge is 0.235 e. The number of amides is 1. The molecule has 0 aromatic heterocycles. The maximum Gasteiger partial charge on any atom is 0.235 e. The second-order valence-corrected chi connectivity index (χ2v) is 5.84. The molecule has 0 aliphatic heterocycles. The van der Waals surface area contributed by atoms with Gasteiger partial charge in [-0.2, -0.15) is 12.6 Å². The molecule has 2 rings (SSSR count). The van der Waals surface area contributed by atoms with Crippen LogP contribution in [0.25, 0.3) is 0 Å². The van der Waals surface area contributed by atoms with Crippen molar-refractivity contribution in [3.63, 3.8) is 0 Å². The highest BCUT2D eigenvalue weighted by Crippen LogP contribution is 2.27. The minimum absolute atomic E-state index is 0.147. The van der Waals surface area contributed by atoms with Gasteiger partial charge in [0.15, 0.2) is 0 Å². The molecule has 0 heterocycles. The van der Waals surface area contributed by atoms with Crippen LogP contribution in [0.4, 0.5) is 0 Å². The predicted octanol–water partition coefficient (Wildman–Crippen LogP) is 2.79. The molecule has 1 amide bonds. The summed E-state index contributed by atoms with van der Waals surface area (Å²) in [6.45, 7) is 0.894. The maximum absolute atomic E-state index is 12.2. The quantitative estimate of drug-likeness (QED) is 0.810. The molecule has 1 aromatic rings. The van der Waals surface area contributed by atoms with E-state index < -0.39 is 0 Å². The largest absolute Gasteiger partial charge is 0.345 e. The van der Waals surface area contributed by atoms with Gasteiger partial charge >= 0.3 is 0 Å². The number of rotatable bonds is 5. The molecule has 3 heteroatoms. The topological polar surface area (TPSA) is 20.3 Å². The summed E-state index contributed by atoms with van der Waals surface area (Å²) in [4.78, 5) is 14.0. The molecule has 98 valence electrons. The number of hydrogen-bond donors (Lipinski definition) is 1. The van der Waals surface area contributed by atoms with E-state index in [9.17, 15) is 4.79 Å².